The monoisotopic (exact) mass is 407 g/mol. The van der Waals surface area contributed by atoms with Crippen LogP contribution in [0.1, 0.15) is 45.6 Å². The van der Waals surface area contributed by atoms with Crippen molar-refractivity contribution >= 4 is 29.5 Å². The number of esters is 1. The zero-order chi connectivity index (χ0) is 21.8. The molecule has 2 rings (SSSR count). The number of halogens is 1. The first-order chi connectivity index (χ1) is 13.6. The van der Waals surface area contributed by atoms with Crippen molar-refractivity contribution in [3.05, 3.63) is 29.6 Å². The van der Waals surface area contributed by atoms with E-state index in [0.717, 1.165) is 23.8 Å². The number of ether oxygens (including phenoxy) is 1. The molecule has 1 aliphatic rings. The van der Waals surface area contributed by atoms with Crippen LogP contribution in [0.2, 0.25) is 0 Å². The highest BCUT2D eigenvalue weighted by Gasteiger charge is 2.48. The molecule has 1 aromatic carbocycles. The minimum absolute atomic E-state index is 0.224. The summed E-state index contributed by atoms with van der Waals surface area (Å²) >= 11 is 0. The van der Waals surface area contributed by atoms with Gasteiger partial charge in [-0.2, -0.15) is 0 Å². The smallest absolute Gasteiger partial charge is 0.327 e. The van der Waals surface area contributed by atoms with Gasteiger partial charge in [-0.15, -0.1) is 0 Å². The van der Waals surface area contributed by atoms with Crippen LogP contribution >= 0.6 is 0 Å². The molecule has 1 saturated heterocycles. The summed E-state index contributed by atoms with van der Waals surface area (Å²) in [6.45, 7) is 5.93. The Morgan fingerprint density at radius 3 is 2.66 bits per heavy atom. The number of hydrogen-bond acceptors (Lipinski definition) is 5. The van der Waals surface area contributed by atoms with E-state index >= 15 is 0 Å². The van der Waals surface area contributed by atoms with Gasteiger partial charge in [0.05, 0.1) is 0 Å². The van der Waals surface area contributed by atoms with Crippen molar-refractivity contribution in [2.24, 2.45) is 0 Å². The van der Waals surface area contributed by atoms with Gasteiger partial charge in [0.2, 0.25) is 0 Å². The highest BCUT2D eigenvalue weighted by molar-refractivity contribution is 6.08. The summed E-state index contributed by atoms with van der Waals surface area (Å²) in [5, 5.41) is 5.05. The number of nitrogens with one attached hydrogen (secondary N) is 2. The predicted octanol–water partition coefficient (Wildman–Crippen LogP) is 2.51. The number of benzene rings is 1. The molecule has 0 aromatic heterocycles. The Hall–Kier alpha value is -2.97. The van der Waals surface area contributed by atoms with E-state index in [1.54, 1.807) is 13.8 Å². The Balaban J connectivity index is 1.92. The molecule has 1 aliphatic heterocycles. The second-order valence-corrected chi connectivity index (χ2v) is 7.34. The largest absolute Gasteiger partial charge is 0.451 e. The molecule has 0 bridgehead atoms. The number of urea groups is 1. The fraction of sp³-hybridized carbons (Fsp3) is 0.500. The molecule has 158 valence electrons. The lowest BCUT2D eigenvalue weighted by Crippen LogP contribution is -2.44. The molecule has 0 unspecified atom stereocenters. The van der Waals surface area contributed by atoms with E-state index in [0.29, 0.717) is 12.0 Å². The van der Waals surface area contributed by atoms with Gasteiger partial charge in [-0.05, 0) is 44.9 Å². The third-order valence-corrected chi connectivity index (χ3v) is 4.78. The maximum atomic E-state index is 13.6. The SMILES string of the molecule is CCCC[C@@]1(C)NC(=O)N(CC(=O)O[C@@H](C)C(=O)Nc2ccc(C)c(F)c2)C1=O. The predicted molar refractivity (Wildman–Crippen MR) is 103 cm³/mol. The molecule has 0 saturated carbocycles. The molecule has 2 N–H and O–H groups in total. The van der Waals surface area contributed by atoms with Crippen molar-refractivity contribution in [2.45, 2.75) is 58.6 Å². The lowest BCUT2D eigenvalue weighted by molar-refractivity contribution is -0.155. The standard InChI is InChI=1S/C20H26FN3O5/c1-5-6-9-20(4)18(27)24(19(28)23-20)11-16(25)29-13(3)17(26)22-14-8-7-12(2)15(21)10-14/h7-8,10,13H,5-6,9,11H2,1-4H3,(H,22,26)(H,23,28)/t13-,20+/m0/s1. The lowest BCUT2D eigenvalue weighted by atomic mass is 9.95. The Bertz CT molecular complexity index is 828. The lowest BCUT2D eigenvalue weighted by Gasteiger charge is -2.21. The molecular formula is C20H26FN3O5. The van der Waals surface area contributed by atoms with Crippen LogP contribution in [0, 0.1) is 12.7 Å². The minimum atomic E-state index is -1.20. The van der Waals surface area contributed by atoms with Crippen LogP contribution in [0.15, 0.2) is 18.2 Å². The number of hydrogen-bond donors (Lipinski definition) is 2. The van der Waals surface area contributed by atoms with Crippen LogP contribution in [0.4, 0.5) is 14.9 Å². The average Bonchev–Trinajstić information content (AvgIpc) is 2.86. The third kappa shape index (κ3) is 5.30. The third-order valence-electron chi connectivity index (χ3n) is 4.78. The van der Waals surface area contributed by atoms with Gasteiger partial charge in [0, 0.05) is 5.69 Å². The summed E-state index contributed by atoms with van der Waals surface area (Å²) in [5.74, 6) is -2.53. The summed E-state index contributed by atoms with van der Waals surface area (Å²) in [7, 11) is 0. The molecule has 0 radical (unpaired) electrons. The first-order valence-corrected chi connectivity index (χ1v) is 9.48. The average molecular weight is 407 g/mol. The van der Waals surface area contributed by atoms with Crippen LogP contribution in [0.5, 0.6) is 0 Å². The van der Waals surface area contributed by atoms with E-state index in [1.165, 1.54) is 19.1 Å². The molecule has 9 heteroatoms. The molecule has 8 nitrogen and oxygen atoms in total. The Kier molecular flexibility index (Phi) is 6.94. The van der Waals surface area contributed by atoms with Crippen LogP contribution in [-0.4, -0.2) is 46.9 Å². The normalized spacial score (nSPS) is 19.7. The summed E-state index contributed by atoms with van der Waals surface area (Å²) in [4.78, 5) is 49.7. The van der Waals surface area contributed by atoms with Crippen molar-refractivity contribution in [1.82, 2.24) is 10.2 Å². The Morgan fingerprint density at radius 1 is 1.34 bits per heavy atom. The van der Waals surface area contributed by atoms with E-state index in [1.807, 2.05) is 6.92 Å². The molecule has 1 heterocycles. The number of amides is 4. The highest BCUT2D eigenvalue weighted by Crippen LogP contribution is 2.23. The Morgan fingerprint density at radius 2 is 2.03 bits per heavy atom. The van der Waals surface area contributed by atoms with Crippen molar-refractivity contribution in [2.75, 3.05) is 11.9 Å². The number of carbonyl (C=O) groups excluding carboxylic acids is 4. The first-order valence-electron chi connectivity index (χ1n) is 9.48. The van der Waals surface area contributed by atoms with Crippen LogP contribution in [0.3, 0.4) is 0 Å². The van der Waals surface area contributed by atoms with Crippen LogP contribution in [0.25, 0.3) is 0 Å². The molecule has 0 aliphatic carbocycles. The van der Waals surface area contributed by atoms with Crippen molar-refractivity contribution in [3.8, 4) is 0 Å². The van der Waals surface area contributed by atoms with Crippen molar-refractivity contribution in [3.63, 3.8) is 0 Å². The van der Waals surface area contributed by atoms with Gasteiger partial charge in [-0.25, -0.2) is 9.18 Å². The highest BCUT2D eigenvalue weighted by atomic mass is 19.1. The topological polar surface area (TPSA) is 105 Å². The minimum Gasteiger partial charge on any atom is -0.451 e. The molecular weight excluding hydrogens is 381 g/mol. The molecule has 1 aromatic rings. The zero-order valence-electron chi connectivity index (χ0n) is 17.0. The molecule has 29 heavy (non-hydrogen) atoms. The molecule has 0 spiro atoms. The van der Waals surface area contributed by atoms with E-state index in [9.17, 15) is 23.6 Å². The quantitative estimate of drug-likeness (QED) is 0.509. The van der Waals surface area contributed by atoms with E-state index in [-0.39, 0.29) is 5.69 Å². The zero-order valence-corrected chi connectivity index (χ0v) is 17.0. The van der Waals surface area contributed by atoms with Gasteiger partial charge in [0.25, 0.3) is 11.8 Å². The fourth-order valence-corrected chi connectivity index (χ4v) is 2.92. The van der Waals surface area contributed by atoms with E-state index < -0.39 is 47.8 Å². The fourth-order valence-electron chi connectivity index (χ4n) is 2.92. The number of carbonyl (C=O) groups is 4. The summed E-state index contributed by atoms with van der Waals surface area (Å²) < 4.78 is 18.6. The Labute approximate surface area is 168 Å². The van der Waals surface area contributed by atoms with Crippen LogP contribution < -0.4 is 10.6 Å². The molecule has 4 amide bonds. The second-order valence-electron chi connectivity index (χ2n) is 7.34. The number of imide groups is 1. The van der Waals surface area contributed by atoms with Gasteiger partial charge in [-0.3, -0.25) is 19.3 Å². The van der Waals surface area contributed by atoms with Crippen molar-refractivity contribution in [1.29, 1.82) is 0 Å². The first kappa shape index (κ1) is 22.3. The maximum Gasteiger partial charge on any atom is 0.327 e. The van der Waals surface area contributed by atoms with Gasteiger partial charge in [0.1, 0.15) is 17.9 Å². The second kappa shape index (κ2) is 9.02. The van der Waals surface area contributed by atoms with Gasteiger partial charge >= 0.3 is 12.0 Å². The number of rotatable bonds is 8. The summed E-state index contributed by atoms with van der Waals surface area (Å²) in [5.41, 5.74) is -0.393. The van der Waals surface area contributed by atoms with Crippen molar-refractivity contribution < 1.29 is 28.3 Å². The molecule has 2 atom stereocenters. The summed E-state index contributed by atoms with van der Waals surface area (Å²) in [6, 6.07) is 3.52. The number of aryl methyl sites for hydroxylation is 1. The number of unbranched alkanes of at least 4 members (excludes halogenated alkanes) is 1. The van der Waals surface area contributed by atoms with E-state index in [4.69, 9.17) is 4.74 Å². The number of anilines is 1. The molecule has 1 fully saturated rings. The van der Waals surface area contributed by atoms with E-state index in [2.05, 4.69) is 10.6 Å². The summed E-state index contributed by atoms with van der Waals surface area (Å²) in [6.07, 6.45) is 0.876. The maximum absolute atomic E-state index is 13.6. The van der Waals surface area contributed by atoms with Gasteiger partial charge in [-0.1, -0.05) is 25.8 Å². The van der Waals surface area contributed by atoms with Gasteiger partial charge in [0.15, 0.2) is 6.10 Å². The number of nitrogens with zero attached hydrogens (tertiary/aromatic N) is 1. The van der Waals surface area contributed by atoms with Gasteiger partial charge < -0.3 is 15.4 Å². The van der Waals surface area contributed by atoms with Crippen LogP contribution in [-0.2, 0) is 19.1 Å².